The van der Waals surface area contributed by atoms with Crippen molar-refractivity contribution in [3.8, 4) is 0 Å². The Morgan fingerprint density at radius 1 is 1.43 bits per heavy atom. The average Bonchev–Trinajstić information content (AvgIpc) is 2.34. The number of halogens is 1. The van der Waals surface area contributed by atoms with Crippen LogP contribution in [0.4, 0.5) is 5.82 Å². The molecule has 0 saturated heterocycles. The molecule has 0 bridgehead atoms. The van der Waals surface area contributed by atoms with Crippen molar-refractivity contribution in [3.63, 3.8) is 0 Å². The first-order chi connectivity index (χ1) is 10.3. The highest BCUT2D eigenvalue weighted by Gasteiger charge is 2.26. The van der Waals surface area contributed by atoms with E-state index in [-0.39, 0.29) is 27.9 Å². The fraction of sp³-hybridized carbons (Fsp3) is 0.538. The Bertz CT molecular complexity index is 741. The van der Waals surface area contributed by atoms with Gasteiger partial charge in [0.15, 0.2) is 15.7 Å². The Morgan fingerprint density at radius 2 is 2.00 bits per heavy atom. The van der Waals surface area contributed by atoms with Gasteiger partial charge in [0.1, 0.15) is 10.0 Å². The van der Waals surface area contributed by atoms with Crippen LogP contribution in [0, 0.1) is 15.5 Å². The number of anilines is 1. The van der Waals surface area contributed by atoms with Crippen molar-refractivity contribution in [1.29, 1.82) is 0 Å². The van der Waals surface area contributed by atoms with E-state index in [1.165, 1.54) is 6.07 Å². The molecule has 0 aliphatic rings. The zero-order valence-corrected chi connectivity index (χ0v) is 14.8. The van der Waals surface area contributed by atoms with Gasteiger partial charge in [-0.1, -0.05) is 32.4 Å². The van der Waals surface area contributed by atoms with E-state index in [1.54, 1.807) is 20.8 Å². The van der Waals surface area contributed by atoms with Gasteiger partial charge in [-0.15, -0.1) is 0 Å². The van der Waals surface area contributed by atoms with E-state index in [9.17, 15) is 23.3 Å². The minimum absolute atomic E-state index is 0.0607. The third-order valence-corrected chi connectivity index (χ3v) is 4.33. The van der Waals surface area contributed by atoms with E-state index in [4.69, 9.17) is 11.6 Å². The van der Waals surface area contributed by atoms with E-state index in [2.05, 4.69) is 10.3 Å². The first-order valence-corrected chi connectivity index (χ1v) is 8.92. The molecule has 0 aliphatic carbocycles. The molecule has 0 aliphatic heterocycles. The lowest BCUT2D eigenvalue weighted by Crippen LogP contribution is -2.29. The number of carbonyl (C=O) groups is 1. The van der Waals surface area contributed by atoms with Crippen LogP contribution >= 0.6 is 11.6 Å². The van der Waals surface area contributed by atoms with Crippen LogP contribution in [0.5, 0.6) is 0 Å². The summed E-state index contributed by atoms with van der Waals surface area (Å²) in [7, 11) is -3.71. The number of nitro groups is 1. The van der Waals surface area contributed by atoms with Crippen molar-refractivity contribution in [2.75, 3.05) is 18.1 Å². The number of carbonyl (C=O) groups excluding carboxylic acids is 1. The SMILES string of the molecule is CC(C)(C)C(=O)Nc1nc(Cl)c(CC[N+](=O)[O-])cc1S(C)(=O)=O. The lowest BCUT2D eigenvalue weighted by atomic mass is 9.96. The number of pyridine rings is 1. The van der Waals surface area contributed by atoms with Crippen molar-refractivity contribution in [1.82, 2.24) is 4.98 Å². The molecule has 0 fully saturated rings. The van der Waals surface area contributed by atoms with Gasteiger partial charge in [0.2, 0.25) is 12.5 Å². The van der Waals surface area contributed by atoms with Crippen LogP contribution in [0.2, 0.25) is 5.15 Å². The van der Waals surface area contributed by atoms with Crippen LogP contribution < -0.4 is 5.32 Å². The molecule has 0 spiro atoms. The first kappa shape index (κ1) is 19.3. The molecule has 1 aromatic heterocycles. The highest BCUT2D eigenvalue weighted by molar-refractivity contribution is 7.90. The Hall–Kier alpha value is -1.74. The molecule has 10 heteroatoms. The van der Waals surface area contributed by atoms with E-state index in [0.29, 0.717) is 0 Å². The average molecular weight is 364 g/mol. The first-order valence-electron chi connectivity index (χ1n) is 6.65. The predicted molar refractivity (Wildman–Crippen MR) is 86.0 cm³/mol. The number of nitrogens with zero attached hydrogens (tertiary/aromatic N) is 2. The van der Waals surface area contributed by atoms with Gasteiger partial charge in [0, 0.05) is 23.0 Å². The molecular formula is C13H18ClN3O5S. The predicted octanol–water partition coefficient (Wildman–Crippen LogP) is 1.94. The fourth-order valence-corrected chi connectivity index (χ4v) is 2.60. The summed E-state index contributed by atoms with van der Waals surface area (Å²) < 4.78 is 23.8. The molecule has 0 atom stereocenters. The summed E-state index contributed by atoms with van der Waals surface area (Å²) in [6, 6.07) is 1.21. The number of sulfone groups is 1. The second kappa shape index (κ2) is 6.79. The second-order valence-corrected chi connectivity index (χ2v) is 8.41. The zero-order valence-electron chi connectivity index (χ0n) is 13.2. The van der Waals surface area contributed by atoms with E-state index in [1.807, 2.05) is 0 Å². The minimum Gasteiger partial charge on any atom is -0.309 e. The highest BCUT2D eigenvalue weighted by Crippen LogP contribution is 2.27. The molecule has 1 aromatic rings. The summed E-state index contributed by atoms with van der Waals surface area (Å²) in [5, 5.41) is 12.8. The van der Waals surface area contributed by atoms with Gasteiger partial charge in [-0.25, -0.2) is 13.4 Å². The summed E-state index contributed by atoms with van der Waals surface area (Å²) in [6.07, 6.45) is 0.900. The summed E-state index contributed by atoms with van der Waals surface area (Å²) in [5.74, 6) is -0.605. The van der Waals surface area contributed by atoms with Crippen molar-refractivity contribution in [3.05, 3.63) is 26.9 Å². The van der Waals surface area contributed by atoms with E-state index < -0.39 is 32.6 Å². The Kier molecular flexibility index (Phi) is 5.70. The van der Waals surface area contributed by atoms with Gasteiger partial charge >= 0.3 is 0 Å². The number of hydrogen-bond donors (Lipinski definition) is 1. The van der Waals surface area contributed by atoms with E-state index >= 15 is 0 Å². The van der Waals surface area contributed by atoms with Gasteiger partial charge in [-0.2, -0.15) is 0 Å². The third-order valence-electron chi connectivity index (χ3n) is 2.89. The van der Waals surface area contributed by atoms with Crippen molar-refractivity contribution in [2.45, 2.75) is 32.1 Å². The number of aromatic nitrogens is 1. The summed E-state index contributed by atoms with van der Waals surface area (Å²) in [6.45, 7) is 4.58. The maximum absolute atomic E-state index is 12.0. The Balaban J connectivity index is 3.33. The molecule has 1 N–H and O–H groups in total. The van der Waals surface area contributed by atoms with Gasteiger partial charge in [0.25, 0.3) is 0 Å². The molecule has 1 amide bonds. The number of amides is 1. The number of hydrogen-bond acceptors (Lipinski definition) is 6. The zero-order chi connectivity index (χ0) is 18.0. The molecular weight excluding hydrogens is 346 g/mol. The Morgan fingerprint density at radius 3 is 2.43 bits per heavy atom. The Labute approximate surface area is 139 Å². The molecule has 0 radical (unpaired) electrons. The van der Waals surface area contributed by atoms with Gasteiger partial charge in [0.05, 0.1) is 0 Å². The topological polar surface area (TPSA) is 119 Å². The maximum Gasteiger partial charge on any atom is 0.230 e. The molecule has 8 nitrogen and oxygen atoms in total. The second-order valence-electron chi connectivity index (χ2n) is 6.07. The van der Waals surface area contributed by atoms with Gasteiger partial charge in [-0.3, -0.25) is 14.9 Å². The van der Waals surface area contributed by atoms with Crippen LogP contribution in [0.3, 0.4) is 0 Å². The van der Waals surface area contributed by atoms with E-state index in [0.717, 1.165) is 6.26 Å². The summed E-state index contributed by atoms with van der Waals surface area (Å²) >= 11 is 5.95. The van der Waals surface area contributed by atoms with Crippen LogP contribution in [0.1, 0.15) is 26.3 Å². The van der Waals surface area contributed by atoms with Crippen LogP contribution in [0.15, 0.2) is 11.0 Å². The van der Waals surface area contributed by atoms with Crippen molar-refractivity contribution < 1.29 is 18.1 Å². The fourth-order valence-electron chi connectivity index (χ4n) is 1.57. The number of rotatable bonds is 5. The van der Waals surface area contributed by atoms with Crippen LogP contribution in [-0.2, 0) is 21.1 Å². The van der Waals surface area contributed by atoms with Gasteiger partial charge in [-0.05, 0) is 11.6 Å². The van der Waals surface area contributed by atoms with Crippen molar-refractivity contribution in [2.24, 2.45) is 5.41 Å². The molecule has 23 heavy (non-hydrogen) atoms. The molecule has 0 aromatic carbocycles. The normalized spacial score (nSPS) is 12.0. The molecule has 1 rings (SSSR count). The highest BCUT2D eigenvalue weighted by atomic mass is 35.5. The quantitative estimate of drug-likeness (QED) is 0.485. The minimum atomic E-state index is -3.71. The summed E-state index contributed by atoms with van der Waals surface area (Å²) in [5.41, 5.74) is -0.523. The van der Waals surface area contributed by atoms with Crippen LogP contribution in [-0.4, -0.2) is 37.0 Å². The molecule has 0 unspecified atom stereocenters. The summed E-state index contributed by atoms with van der Waals surface area (Å²) in [4.78, 5) is 25.6. The molecule has 128 valence electrons. The smallest absolute Gasteiger partial charge is 0.230 e. The van der Waals surface area contributed by atoms with Gasteiger partial charge < -0.3 is 5.32 Å². The van der Waals surface area contributed by atoms with Crippen molar-refractivity contribution >= 4 is 33.2 Å². The monoisotopic (exact) mass is 363 g/mol. The molecule has 1 heterocycles. The lowest BCUT2D eigenvalue weighted by Gasteiger charge is -2.19. The molecule has 0 saturated carbocycles. The number of nitrogens with one attached hydrogen (secondary N) is 1. The third kappa shape index (κ3) is 5.43. The lowest BCUT2D eigenvalue weighted by molar-refractivity contribution is -0.479. The standard InChI is InChI=1S/C13H18ClN3O5S/c1-13(2,3)12(18)16-11-9(23(4,21)22)7-8(10(14)15-11)5-6-17(19)20/h7H,5-6H2,1-4H3,(H,15,16,18). The largest absolute Gasteiger partial charge is 0.309 e. The van der Waals surface area contributed by atoms with Crippen LogP contribution in [0.25, 0.3) is 0 Å². The maximum atomic E-state index is 12.0.